The van der Waals surface area contributed by atoms with Gasteiger partial charge < -0.3 is 11.1 Å². The van der Waals surface area contributed by atoms with E-state index in [1.807, 2.05) is 30.3 Å². The summed E-state index contributed by atoms with van der Waals surface area (Å²) in [5.41, 5.74) is 7.58. The Morgan fingerprint density at radius 3 is 2.71 bits per heavy atom. The number of nitrogens with two attached hydrogens (primary N) is 1. The number of benzene rings is 1. The van der Waals surface area contributed by atoms with Crippen molar-refractivity contribution in [2.75, 3.05) is 5.73 Å². The first-order valence-corrected chi connectivity index (χ1v) is 8.09. The summed E-state index contributed by atoms with van der Waals surface area (Å²) in [5.74, 6) is -0.336. The fraction of sp³-hybridized carbons (Fsp3) is 0.176. The molecule has 0 spiro atoms. The highest BCUT2D eigenvalue weighted by atomic mass is 32.1. The number of carbonyl (C=O) groups excluding carboxylic acids is 1. The van der Waals surface area contributed by atoms with Crippen molar-refractivity contribution in [3.8, 4) is 0 Å². The number of nitrogens with one attached hydrogen (secondary N) is 1. The SMILES string of the molecule is Cc1cc(C(F)F)nc2sc(C(=O)NCc3ccccc3)c(N)c12. The molecule has 4 nitrogen and oxygen atoms in total. The minimum atomic E-state index is -2.66. The van der Waals surface area contributed by atoms with Crippen LogP contribution >= 0.6 is 11.3 Å². The molecular formula is C17H15F2N3OS. The highest BCUT2D eigenvalue weighted by Gasteiger charge is 2.21. The molecular weight excluding hydrogens is 332 g/mol. The lowest BCUT2D eigenvalue weighted by molar-refractivity contribution is 0.0956. The summed E-state index contributed by atoms with van der Waals surface area (Å²) in [7, 11) is 0. The van der Waals surface area contributed by atoms with Gasteiger partial charge in [0.1, 0.15) is 15.4 Å². The van der Waals surface area contributed by atoms with Crippen LogP contribution in [0.1, 0.15) is 32.9 Å². The number of aromatic nitrogens is 1. The Kier molecular flexibility index (Phi) is 4.44. The first kappa shape index (κ1) is 16.3. The van der Waals surface area contributed by atoms with Gasteiger partial charge in [-0.15, -0.1) is 11.3 Å². The molecule has 0 aliphatic carbocycles. The van der Waals surface area contributed by atoms with Gasteiger partial charge in [0.15, 0.2) is 0 Å². The van der Waals surface area contributed by atoms with Crippen molar-refractivity contribution in [3.05, 3.63) is 58.1 Å². The summed E-state index contributed by atoms with van der Waals surface area (Å²) in [6, 6.07) is 10.8. The van der Waals surface area contributed by atoms with Gasteiger partial charge in [-0.1, -0.05) is 30.3 Å². The highest BCUT2D eigenvalue weighted by molar-refractivity contribution is 7.21. The molecule has 7 heteroatoms. The summed E-state index contributed by atoms with van der Waals surface area (Å²) in [4.78, 5) is 17.0. The molecule has 24 heavy (non-hydrogen) atoms. The first-order valence-electron chi connectivity index (χ1n) is 7.27. The summed E-state index contributed by atoms with van der Waals surface area (Å²) in [6.07, 6.45) is -2.66. The van der Waals surface area contributed by atoms with E-state index >= 15 is 0 Å². The number of nitrogen functional groups attached to an aromatic ring is 1. The van der Waals surface area contributed by atoms with Crippen LogP contribution in [0, 0.1) is 6.92 Å². The molecule has 2 heterocycles. The molecule has 2 aromatic heterocycles. The molecule has 0 atom stereocenters. The lowest BCUT2D eigenvalue weighted by Crippen LogP contribution is -2.22. The predicted molar refractivity (Wildman–Crippen MR) is 91.3 cm³/mol. The third kappa shape index (κ3) is 3.07. The number of amides is 1. The lowest BCUT2D eigenvalue weighted by atomic mass is 10.1. The van der Waals surface area contributed by atoms with Gasteiger partial charge in [0, 0.05) is 11.9 Å². The molecule has 124 valence electrons. The van der Waals surface area contributed by atoms with Crippen LogP contribution in [0.15, 0.2) is 36.4 Å². The summed E-state index contributed by atoms with van der Waals surface area (Å²) in [6.45, 7) is 2.05. The number of halogens is 2. The van der Waals surface area contributed by atoms with Crippen LogP contribution < -0.4 is 11.1 Å². The van der Waals surface area contributed by atoms with E-state index < -0.39 is 6.43 Å². The van der Waals surface area contributed by atoms with Crippen molar-refractivity contribution in [3.63, 3.8) is 0 Å². The maximum absolute atomic E-state index is 12.9. The molecule has 1 amide bonds. The number of nitrogens with zero attached hydrogens (tertiary/aromatic N) is 1. The van der Waals surface area contributed by atoms with Gasteiger partial charge in [-0.3, -0.25) is 4.79 Å². The van der Waals surface area contributed by atoms with E-state index in [9.17, 15) is 13.6 Å². The summed E-state index contributed by atoms with van der Waals surface area (Å²) < 4.78 is 25.8. The van der Waals surface area contributed by atoms with E-state index in [1.165, 1.54) is 6.07 Å². The number of anilines is 1. The van der Waals surface area contributed by atoms with Crippen molar-refractivity contribution in [1.29, 1.82) is 0 Å². The number of fused-ring (bicyclic) bond motifs is 1. The minimum Gasteiger partial charge on any atom is -0.397 e. The monoisotopic (exact) mass is 347 g/mol. The Morgan fingerprint density at radius 1 is 1.33 bits per heavy atom. The number of thiophene rings is 1. The topological polar surface area (TPSA) is 68.0 Å². The summed E-state index contributed by atoms with van der Waals surface area (Å²) >= 11 is 1.03. The number of hydrogen-bond acceptors (Lipinski definition) is 4. The van der Waals surface area contributed by atoms with Crippen LogP contribution in [-0.2, 0) is 6.54 Å². The van der Waals surface area contributed by atoms with E-state index in [2.05, 4.69) is 10.3 Å². The second kappa shape index (κ2) is 6.52. The first-order chi connectivity index (χ1) is 11.5. The molecule has 0 bridgehead atoms. The number of alkyl halides is 2. The zero-order valence-electron chi connectivity index (χ0n) is 12.8. The molecule has 0 aliphatic heterocycles. The fourth-order valence-corrected chi connectivity index (χ4v) is 3.57. The quantitative estimate of drug-likeness (QED) is 0.748. The van der Waals surface area contributed by atoms with Crippen LogP contribution in [0.4, 0.5) is 14.5 Å². The van der Waals surface area contributed by atoms with E-state index in [1.54, 1.807) is 6.92 Å². The molecule has 0 radical (unpaired) electrons. The van der Waals surface area contributed by atoms with E-state index in [0.717, 1.165) is 16.9 Å². The summed E-state index contributed by atoms with van der Waals surface area (Å²) in [5, 5.41) is 3.35. The zero-order chi connectivity index (χ0) is 17.3. The van der Waals surface area contributed by atoms with E-state index in [0.29, 0.717) is 27.2 Å². The van der Waals surface area contributed by atoms with Crippen LogP contribution in [0.2, 0.25) is 0 Å². The third-order valence-corrected chi connectivity index (χ3v) is 4.74. The lowest BCUT2D eigenvalue weighted by Gasteiger charge is -2.05. The largest absolute Gasteiger partial charge is 0.397 e. The molecule has 0 aliphatic rings. The Labute approximate surface area is 141 Å². The van der Waals surface area contributed by atoms with Crippen molar-refractivity contribution >= 4 is 33.1 Å². The van der Waals surface area contributed by atoms with Crippen molar-refractivity contribution in [2.24, 2.45) is 0 Å². The van der Waals surface area contributed by atoms with Crippen LogP contribution in [-0.4, -0.2) is 10.9 Å². The Hall–Kier alpha value is -2.54. The van der Waals surface area contributed by atoms with Crippen LogP contribution in [0.3, 0.4) is 0 Å². The van der Waals surface area contributed by atoms with Crippen LogP contribution in [0.25, 0.3) is 10.2 Å². The normalized spacial score (nSPS) is 11.2. The molecule has 0 fully saturated rings. The van der Waals surface area contributed by atoms with Gasteiger partial charge in [0.25, 0.3) is 12.3 Å². The van der Waals surface area contributed by atoms with Gasteiger partial charge >= 0.3 is 0 Å². The molecule has 0 saturated carbocycles. The van der Waals surface area contributed by atoms with Gasteiger partial charge in [0.2, 0.25) is 0 Å². The second-order valence-electron chi connectivity index (χ2n) is 5.36. The number of hydrogen-bond donors (Lipinski definition) is 2. The number of carbonyl (C=O) groups is 1. The van der Waals surface area contributed by atoms with E-state index in [-0.39, 0.29) is 17.3 Å². The Bertz CT molecular complexity index is 894. The average Bonchev–Trinajstić information content (AvgIpc) is 2.91. The van der Waals surface area contributed by atoms with Crippen molar-refractivity contribution in [2.45, 2.75) is 19.9 Å². The Morgan fingerprint density at radius 2 is 2.04 bits per heavy atom. The van der Waals surface area contributed by atoms with Gasteiger partial charge in [-0.25, -0.2) is 13.8 Å². The minimum absolute atomic E-state index is 0.284. The maximum Gasteiger partial charge on any atom is 0.280 e. The van der Waals surface area contributed by atoms with Crippen LogP contribution in [0.5, 0.6) is 0 Å². The number of rotatable bonds is 4. The highest BCUT2D eigenvalue weighted by Crippen LogP contribution is 2.36. The predicted octanol–water partition coefficient (Wildman–Crippen LogP) is 4.05. The number of pyridine rings is 1. The van der Waals surface area contributed by atoms with Gasteiger partial charge in [0.05, 0.1) is 5.69 Å². The smallest absolute Gasteiger partial charge is 0.280 e. The number of aryl methyl sites for hydroxylation is 1. The van der Waals surface area contributed by atoms with Gasteiger partial charge in [-0.05, 0) is 24.1 Å². The van der Waals surface area contributed by atoms with Crippen molar-refractivity contribution in [1.82, 2.24) is 10.3 Å². The van der Waals surface area contributed by atoms with E-state index in [4.69, 9.17) is 5.73 Å². The zero-order valence-corrected chi connectivity index (χ0v) is 13.7. The molecule has 3 rings (SSSR count). The third-order valence-electron chi connectivity index (χ3n) is 3.64. The van der Waals surface area contributed by atoms with Gasteiger partial charge in [-0.2, -0.15) is 0 Å². The fourth-order valence-electron chi connectivity index (χ4n) is 2.47. The maximum atomic E-state index is 12.9. The van der Waals surface area contributed by atoms with Crippen molar-refractivity contribution < 1.29 is 13.6 Å². The molecule has 3 N–H and O–H groups in total. The second-order valence-corrected chi connectivity index (χ2v) is 6.36. The molecule has 3 aromatic rings. The Balaban J connectivity index is 1.90. The molecule has 0 unspecified atom stereocenters. The molecule has 0 saturated heterocycles. The standard InChI is InChI=1S/C17H15F2N3OS/c1-9-7-11(15(18)19)22-17-12(9)13(20)14(24-17)16(23)21-8-10-5-3-2-4-6-10/h2-7,15H,8,20H2,1H3,(H,21,23). The molecule has 1 aromatic carbocycles. The average molecular weight is 347 g/mol.